The first-order chi connectivity index (χ1) is 6.91. The fraction of sp³-hybridized carbons (Fsp3) is 1.00. The standard InChI is InChI=1S/C8H20N2.CH4O3S/c9-7-5-3-1-2-4-6-8-10;1-5(2,3)4/h1-10H2;1H3,(H,2,3,4). The Morgan fingerprint density at radius 2 is 1.07 bits per heavy atom. The normalized spacial score (nSPS) is 10.7. The smallest absolute Gasteiger partial charge is 0.261 e. The van der Waals surface area contributed by atoms with E-state index in [2.05, 4.69) is 0 Å². The first kappa shape index (κ1) is 17.2. The van der Waals surface area contributed by atoms with Crippen LogP contribution in [0.25, 0.3) is 0 Å². The summed E-state index contributed by atoms with van der Waals surface area (Å²) in [7, 11) is -3.67. The maximum Gasteiger partial charge on any atom is 0.261 e. The summed E-state index contributed by atoms with van der Waals surface area (Å²) in [6, 6.07) is 0. The van der Waals surface area contributed by atoms with Gasteiger partial charge >= 0.3 is 0 Å². The molecule has 0 aromatic carbocycles. The van der Waals surface area contributed by atoms with Crippen molar-refractivity contribution in [3.8, 4) is 0 Å². The van der Waals surface area contributed by atoms with Crippen molar-refractivity contribution >= 4 is 10.1 Å². The van der Waals surface area contributed by atoms with Crippen molar-refractivity contribution in [3.05, 3.63) is 0 Å². The number of unbranched alkanes of at least 4 members (excludes halogenated alkanes) is 5. The van der Waals surface area contributed by atoms with Crippen LogP contribution >= 0.6 is 0 Å². The molecule has 5 nitrogen and oxygen atoms in total. The van der Waals surface area contributed by atoms with E-state index < -0.39 is 10.1 Å². The Kier molecular flexibility index (Phi) is 13.7. The Morgan fingerprint density at radius 1 is 0.867 bits per heavy atom. The SMILES string of the molecule is CS(=O)(=O)O.NCCCCCCCCN. The average molecular weight is 240 g/mol. The molecule has 0 aliphatic heterocycles. The highest BCUT2D eigenvalue weighted by Gasteiger charge is 1.87. The van der Waals surface area contributed by atoms with Crippen molar-refractivity contribution in [1.82, 2.24) is 0 Å². The summed E-state index contributed by atoms with van der Waals surface area (Å²) in [5.74, 6) is 0. The number of nitrogens with two attached hydrogens (primary N) is 2. The third-order valence-corrected chi connectivity index (χ3v) is 1.66. The van der Waals surface area contributed by atoms with E-state index in [1.807, 2.05) is 0 Å². The van der Waals surface area contributed by atoms with Crippen LogP contribution in [0, 0.1) is 0 Å². The lowest BCUT2D eigenvalue weighted by atomic mass is 10.1. The molecule has 0 fully saturated rings. The monoisotopic (exact) mass is 240 g/mol. The van der Waals surface area contributed by atoms with Gasteiger partial charge in [0.2, 0.25) is 0 Å². The summed E-state index contributed by atoms with van der Waals surface area (Å²) >= 11 is 0. The zero-order valence-electron chi connectivity index (χ0n) is 9.48. The van der Waals surface area contributed by atoms with Gasteiger partial charge in [0, 0.05) is 0 Å². The molecule has 0 atom stereocenters. The molecular formula is C9H24N2O3S. The van der Waals surface area contributed by atoms with E-state index >= 15 is 0 Å². The lowest BCUT2D eigenvalue weighted by Gasteiger charge is -1.97. The maximum atomic E-state index is 9.19. The molecule has 0 aromatic heterocycles. The van der Waals surface area contributed by atoms with Crippen LogP contribution in [0.3, 0.4) is 0 Å². The van der Waals surface area contributed by atoms with Crippen LogP contribution in [0.2, 0.25) is 0 Å². The summed E-state index contributed by atoms with van der Waals surface area (Å²) in [5.41, 5.74) is 10.7. The van der Waals surface area contributed by atoms with Gasteiger partial charge < -0.3 is 11.5 Å². The lowest BCUT2D eigenvalue weighted by Crippen LogP contribution is -1.99. The summed E-state index contributed by atoms with van der Waals surface area (Å²) in [6.45, 7) is 1.69. The van der Waals surface area contributed by atoms with E-state index in [-0.39, 0.29) is 0 Å². The molecule has 15 heavy (non-hydrogen) atoms. The van der Waals surface area contributed by atoms with Gasteiger partial charge in [-0.25, -0.2) is 0 Å². The van der Waals surface area contributed by atoms with Crippen LogP contribution in [0.5, 0.6) is 0 Å². The zero-order valence-corrected chi connectivity index (χ0v) is 10.3. The van der Waals surface area contributed by atoms with Gasteiger partial charge in [0.25, 0.3) is 10.1 Å². The minimum atomic E-state index is -3.67. The molecular weight excluding hydrogens is 216 g/mol. The summed E-state index contributed by atoms with van der Waals surface area (Å²) in [4.78, 5) is 0. The van der Waals surface area contributed by atoms with Crippen LogP contribution in [0.4, 0.5) is 0 Å². The maximum absolute atomic E-state index is 9.19. The average Bonchev–Trinajstić information content (AvgIpc) is 2.08. The molecule has 0 bridgehead atoms. The van der Waals surface area contributed by atoms with Gasteiger partial charge in [0.05, 0.1) is 6.26 Å². The van der Waals surface area contributed by atoms with Crippen molar-refractivity contribution in [1.29, 1.82) is 0 Å². The van der Waals surface area contributed by atoms with E-state index in [9.17, 15) is 8.42 Å². The second kappa shape index (κ2) is 11.9. The third kappa shape index (κ3) is 41.5. The lowest BCUT2D eigenvalue weighted by molar-refractivity contribution is 0.490. The third-order valence-electron chi connectivity index (χ3n) is 1.66. The van der Waals surface area contributed by atoms with Crippen LogP contribution < -0.4 is 11.5 Å². The molecule has 6 heteroatoms. The predicted octanol–water partition coefficient (Wildman–Crippen LogP) is 0.748. The molecule has 0 aliphatic carbocycles. The van der Waals surface area contributed by atoms with Gasteiger partial charge in [-0.2, -0.15) is 8.42 Å². The van der Waals surface area contributed by atoms with E-state index in [0.717, 1.165) is 13.1 Å². The summed E-state index contributed by atoms with van der Waals surface area (Å²) in [6.07, 6.45) is 8.33. The van der Waals surface area contributed by atoms with Crippen LogP contribution in [-0.2, 0) is 10.1 Å². The van der Waals surface area contributed by atoms with Crippen molar-refractivity contribution in [3.63, 3.8) is 0 Å². The molecule has 0 heterocycles. The number of hydrogen-bond acceptors (Lipinski definition) is 4. The molecule has 5 N–H and O–H groups in total. The molecule has 0 aliphatic rings. The second-order valence-electron chi connectivity index (χ2n) is 3.43. The van der Waals surface area contributed by atoms with Crippen molar-refractivity contribution in [2.24, 2.45) is 11.5 Å². The summed E-state index contributed by atoms with van der Waals surface area (Å²) in [5, 5.41) is 0. The molecule has 94 valence electrons. The molecule has 0 radical (unpaired) electrons. The van der Waals surface area contributed by atoms with Crippen molar-refractivity contribution < 1.29 is 13.0 Å². The quantitative estimate of drug-likeness (QED) is 0.449. The van der Waals surface area contributed by atoms with Gasteiger partial charge in [-0.15, -0.1) is 0 Å². The fourth-order valence-corrected chi connectivity index (χ4v) is 0.996. The molecule has 0 saturated carbocycles. The van der Waals surface area contributed by atoms with Gasteiger partial charge in [-0.3, -0.25) is 4.55 Å². The van der Waals surface area contributed by atoms with Crippen LogP contribution in [0.15, 0.2) is 0 Å². The van der Waals surface area contributed by atoms with Crippen LogP contribution in [-0.4, -0.2) is 32.3 Å². The van der Waals surface area contributed by atoms with E-state index in [1.54, 1.807) is 0 Å². The Hall–Kier alpha value is -0.170. The largest absolute Gasteiger partial charge is 0.330 e. The van der Waals surface area contributed by atoms with Gasteiger partial charge in [0.15, 0.2) is 0 Å². The highest BCUT2D eigenvalue weighted by molar-refractivity contribution is 7.85. The first-order valence-corrected chi connectivity index (χ1v) is 7.09. The van der Waals surface area contributed by atoms with Gasteiger partial charge in [0.1, 0.15) is 0 Å². The molecule has 0 aromatic rings. The highest BCUT2D eigenvalue weighted by Crippen LogP contribution is 2.03. The second-order valence-corrected chi connectivity index (χ2v) is 4.90. The number of rotatable bonds is 7. The van der Waals surface area contributed by atoms with E-state index in [1.165, 1.54) is 38.5 Å². The minimum absolute atomic E-state index is 0.715. The summed E-state index contributed by atoms with van der Waals surface area (Å²) < 4.78 is 25.9. The zero-order chi connectivity index (χ0) is 12.2. The minimum Gasteiger partial charge on any atom is -0.330 e. The predicted molar refractivity (Wildman–Crippen MR) is 63.3 cm³/mol. The fourth-order valence-electron chi connectivity index (χ4n) is 0.996. The molecule has 0 rings (SSSR count). The molecule has 0 spiro atoms. The molecule has 0 unspecified atom stereocenters. The topological polar surface area (TPSA) is 106 Å². The van der Waals surface area contributed by atoms with Crippen LogP contribution in [0.1, 0.15) is 38.5 Å². The first-order valence-electron chi connectivity index (χ1n) is 5.24. The van der Waals surface area contributed by atoms with Crippen molar-refractivity contribution in [2.45, 2.75) is 38.5 Å². The Labute approximate surface area is 93.0 Å². The van der Waals surface area contributed by atoms with E-state index in [4.69, 9.17) is 16.0 Å². The van der Waals surface area contributed by atoms with Gasteiger partial charge in [-0.05, 0) is 25.9 Å². The number of hydrogen-bond donors (Lipinski definition) is 3. The Balaban J connectivity index is 0. The van der Waals surface area contributed by atoms with E-state index in [0.29, 0.717) is 6.26 Å². The Bertz CT molecular complexity index is 189. The Morgan fingerprint density at radius 3 is 1.27 bits per heavy atom. The van der Waals surface area contributed by atoms with Crippen molar-refractivity contribution in [2.75, 3.05) is 19.3 Å². The highest BCUT2D eigenvalue weighted by atomic mass is 32.2. The van der Waals surface area contributed by atoms with Gasteiger partial charge in [-0.1, -0.05) is 25.7 Å². The molecule has 0 saturated heterocycles. The molecule has 0 amide bonds.